The van der Waals surface area contributed by atoms with E-state index in [0.29, 0.717) is 10.6 Å². The van der Waals surface area contributed by atoms with Gasteiger partial charge in [0.1, 0.15) is 0 Å². The van der Waals surface area contributed by atoms with Crippen molar-refractivity contribution in [1.82, 2.24) is 0 Å². The number of amides is 1. The molecule has 0 saturated heterocycles. The number of carbonyl (C=O) groups excluding carboxylic acids is 1. The van der Waals surface area contributed by atoms with Crippen LogP contribution >= 0.6 is 11.6 Å². The number of carbonyl (C=O) groups is 1. The van der Waals surface area contributed by atoms with Gasteiger partial charge in [-0.25, -0.2) is 0 Å². The number of halogens is 4. The molecule has 0 radical (unpaired) electrons. The first-order valence-electron chi connectivity index (χ1n) is 6.89. The summed E-state index contributed by atoms with van der Waals surface area (Å²) in [4.78, 5) is 12.5. The Hall–Kier alpha value is -2.60. The van der Waals surface area contributed by atoms with E-state index in [0.717, 1.165) is 11.1 Å². The maximum absolute atomic E-state index is 13.3. The summed E-state index contributed by atoms with van der Waals surface area (Å²) in [6, 6.07) is 14.2. The van der Waals surface area contributed by atoms with E-state index in [1.807, 2.05) is 0 Å². The average Bonchev–Trinajstić information content (AvgIpc) is 2.85. The zero-order valence-corrected chi connectivity index (χ0v) is 12.8. The largest absolute Gasteiger partial charge is 0.435 e. The molecule has 0 fully saturated rings. The summed E-state index contributed by atoms with van der Waals surface area (Å²) >= 11 is 5.84. The maximum atomic E-state index is 13.3. The fourth-order valence-corrected chi connectivity index (χ4v) is 2.46. The number of rotatable bonds is 2. The monoisotopic (exact) mass is 350 g/mol. The van der Waals surface area contributed by atoms with E-state index < -0.39 is 23.4 Å². The lowest BCUT2D eigenvalue weighted by Gasteiger charge is -2.10. The molecule has 0 atom stereocenters. The van der Waals surface area contributed by atoms with Gasteiger partial charge in [0, 0.05) is 5.02 Å². The molecule has 1 heterocycles. The molecule has 3 nitrogen and oxygen atoms in total. The molecule has 122 valence electrons. The Morgan fingerprint density at radius 3 is 2.38 bits per heavy atom. The van der Waals surface area contributed by atoms with Crippen molar-refractivity contribution in [2.75, 3.05) is 5.01 Å². The number of para-hydroxylation sites is 1. The van der Waals surface area contributed by atoms with Gasteiger partial charge in [0.25, 0.3) is 5.91 Å². The van der Waals surface area contributed by atoms with Crippen molar-refractivity contribution in [1.29, 1.82) is 0 Å². The van der Waals surface area contributed by atoms with Gasteiger partial charge in [-0.05, 0) is 35.9 Å². The molecule has 24 heavy (non-hydrogen) atoms. The van der Waals surface area contributed by atoms with Gasteiger partial charge in [0.2, 0.25) is 0 Å². The molecule has 1 amide bonds. The smallest absolute Gasteiger partial charge is 0.267 e. The average molecular weight is 351 g/mol. The van der Waals surface area contributed by atoms with Crippen molar-refractivity contribution in [3.63, 3.8) is 0 Å². The van der Waals surface area contributed by atoms with Gasteiger partial charge in [0.15, 0.2) is 5.71 Å². The number of anilines is 1. The molecule has 0 aliphatic carbocycles. The summed E-state index contributed by atoms with van der Waals surface area (Å²) in [6.07, 6.45) is -3.60. The Balaban J connectivity index is 2.08. The first-order chi connectivity index (χ1) is 11.4. The Bertz CT molecular complexity index is 844. The third-order valence-electron chi connectivity index (χ3n) is 3.31. The van der Waals surface area contributed by atoms with E-state index in [1.54, 1.807) is 36.4 Å². The molecule has 0 bridgehead atoms. The standard InChI is InChI=1S/C17H10ClF3N2O/c18-12-6-4-5-11(9-12)10-14-15(17(19,20)21)22-23(16(14)24)13-7-2-1-3-8-13/h1-10H/b14-10-. The highest BCUT2D eigenvalue weighted by molar-refractivity contribution is 6.34. The molecule has 7 heteroatoms. The topological polar surface area (TPSA) is 32.7 Å². The zero-order chi connectivity index (χ0) is 17.3. The highest BCUT2D eigenvalue weighted by Gasteiger charge is 2.46. The van der Waals surface area contributed by atoms with Gasteiger partial charge in [-0.2, -0.15) is 23.3 Å². The number of alkyl halides is 3. The van der Waals surface area contributed by atoms with E-state index in [1.165, 1.54) is 18.2 Å². The van der Waals surface area contributed by atoms with E-state index in [9.17, 15) is 18.0 Å². The number of hydrogen-bond donors (Lipinski definition) is 0. The van der Waals surface area contributed by atoms with Crippen LogP contribution in [-0.2, 0) is 4.79 Å². The Kier molecular flexibility index (Phi) is 4.15. The zero-order valence-electron chi connectivity index (χ0n) is 12.1. The number of hydrazone groups is 1. The molecule has 0 spiro atoms. The predicted octanol–water partition coefficient (Wildman–Crippen LogP) is 4.69. The molecule has 1 aliphatic rings. The highest BCUT2D eigenvalue weighted by atomic mass is 35.5. The minimum atomic E-state index is -4.75. The summed E-state index contributed by atoms with van der Waals surface area (Å²) in [5.74, 6) is -0.839. The van der Waals surface area contributed by atoms with Crippen LogP contribution in [0.1, 0.15) is 5.56 Å². The molecule has 2 aromatic carbocycles. The summed E-state index contributed by atoms with van der Waals surface area (Å²) in [7, 11) is 0. The van der Waals surface area contributed by atoms with Crippen LogP contribution in [-0.4, -0.2) is 17.8 Å². The number of nitrogens with zero attached hydrogens (tertiary/aromatic N) is 2. The molecule has 1 aliphatic heterocycles. The van der Waals surface area contributed by atoms with Gasteiger partial charge in [-0.3, -0.25) is 4.79 Å². The second kappa shape index (κ2) is 6.13. The molecule has 0 aromatic heterocycles. The highest BCUT2D eigenvalue weighted by Crippen LogP contribution is 2.32. The molecule has 2 aromatic rings. The van der Waals surface area contributed by atoms with Crippen molar-refractivity contribution >= 4 is 35.0 Å². The van der Waals surface area contributed by atoms with E-state index in [4.69, 9.17) is 11.6 Å². The number of benzene rings is 2. The molecule has 0 N–H and O–H groups in total. The quantitative estimate of drug-likeness (QED) is 0.723. The van der Waals surface area contributed by atoms with Gasteiger partial charge >= 0.3 is 6.18 Å². The Morgan fingerprint density at radius 2 is 1.75 bits per heavy atom. The van der Waals surface area contributed by atoms with Crippen molar-refractivity contribution in [2.45, 2.75) is 6.18 Å². The van der Waals surface area contributed by atoms with Gasteiger partial charge < -0.3 is 0 Å². The summed E-state index contributed by atoms with van der Waals surface area (Å²) < 4.78 is 39.8. The predicted molar refractivity (Wildman–Crippen MR) is 86.8 cm³/mol. The third kappa shape index (κ3) is 3.19. The Labute approximate surface area is 140 Å². The van der Waals surface area contributed by atoms with Crippen LogP contribution in [0.3, 0.4) is 0 Å². The second-order valence-corrected chi connectivity index (χ2v) is 5.45. The van der Waals surface area contributed by atoms with Crippen LogP contribution < -0.4 is 5.01 Å². The Morgan fingerprint density at radius 1 is 1.04 bits per heavy atom. The minimum absolute atomic E-state index is 0.263. The van der Waals surface area contributed by atoms with Crippen LogP contribution in [0, 0.1) is 0 Å². The normalized spacial score (nSPS) is 16.7. The van der Waals surface area contributed by atoms with Crippen LogP contribution in [0.2, 0.25) is 5.02 Å². The molecule has 0 saturated carbocycles. The van der Waals surface area contributed by atoms with Gasteiger partial charge in [-0.1, -0.05) is 41.9 Å². The third-order valence-corrected chi connectivity index (χ3v) is 3.54. The van der Waals surface area contributed by atoms with E-state index in [2.05, 4.69) is 5.10 Å². The number of hydrogen-bond acceptors (Lipinski definition) is 2. The van der Waals surface area contributed by atoms with Crippen LogP contribution in [0.5, 0.6) is 0 Å². The SMILES string of the molecule is O=C1/C(=C\c2cccc(Cl)c2)C(C(F)(F)F)=NN1c1ccccc1. The summed E-state index contributed by atoms with van der Waals surface area (Å²) in [6.45, 7) is 0. The molecular weight excluding hydrogens is 341 g/mol. The molecular formula is C17H10ClF3N2O. The first kappa shape index (κ1) is 16.3. The first-order valence-corrected chi connectivity index (χ1v) is 7.27. The van der Waals surface area contributed by atoms with E-state index >= 15 is 0 Å². The maximum Gasteiger partial charge on any atom is 0.435 e. The minimum Gasteiger partial charge on any atom is -0.267 e. The van der Waals surface area contributed by atoms with Crippen molar-refractivity contribution in [3.8, 4) is 0 Å². The fourth-order valence-electron chi connectivity index (χ4n) is 2.26. The molecule has 3 rings (SSSR count). The molecule has 0 unspecified atom stereocenters. The van der Waals surface area contributed by atoms with Crippen molar-refractivity contribution < 1.29 is 18.0 Å². The van der Waals surface area contributed by atoms with E-state index in [-0.39, 0.29) is 5.69 Å². The van der Waals surface area contributed by atoms with Gasteiger partial charge in [-0.15, -0.1) is 0 Å². The lowest BCUT2D eigenvalue weighted by molar-refractivity contribution is -0.114. The van der Waals surface area contributed by atoms with Crippen molar-refractivity contribution in [3.05, 3.63) is 70.8 Å². The fraction of sp³-hybridized carbons (Fsp3) is 0.0588. The second-order valence-electron chi connectivity index (χ2n) is 5.01. The van der Waals surface area contributed by atoms with Crippen LogP contribution in [0.25, 0.3) is 6.08 Å². The summed E-state index contributed by atoms with van der Waals surface area (Å²) in [5.41, 5.74) is -1.10. The van der Waals surface area contributed by atoms with Crippen LogP contribution in [0.4, 0.5) is 18.9 Å². The van der Waals surface area contributed by atoms with Crippen molar-refractivity contribution in [2.24, 2.45) is 5.10 Å². The lowest BCUT2D eigenvalue weighted by atomic mass is 10.1. The van der Waals surface area contributed by atoms with Gasteiger partial charge in [0.05, 0.1) is 11.3 Å². The summed E-state index contributed by atoms with van der Waals surface area (Å²) in [5, 5.41) is 4.60. The lowest BCUT2D eigenvalue weighted by Crippen LogP contribution is -2.25. The van der Waals surface area contributed by atoms with Crippen LogP contribution in [0.15, 0.2) is 65.3 Å².